The van der Waals surface area contributed by atoms with Gasteiger partial charge in [-0.2, -0.15) is 5.10 Å². The normalized spacial score (nSPS) is 12.0. The topological polar surface area (TPSA) is 84.2 Å². The molecule has 23 heavy (non-hydrogen) atoms. The molecule has 0 radical (unpaired) electrons. The molecule has 1 aromatic carbocycles. The number of carbonyl (C=O) groups excluding carboxylic acids is 1. The maximum Gasteiger partial charge on any atom is 0.275 e. The maximum atomic E-state index is 12.1. The van der Waals surface area contributed by atoms with E-state index < -0.39 is 17.4 Å². The number of hydrogen-bond acceptors (Lipinski definition) is 4. The number of benzene rings is 1. The van der Waals surface area contributed by atoms with Crippen LogP contribution in [0.1, 0.15) is 29.5 Å². The number of amides is 1. The van der Waals surface area contributed by atoms with Crippen LogP contribution in [-0.2, 0) is 0 Å². The molecule has 0 fully saturated rings. The standard InChI is InChI=1S/C16H18ClN3O3/c1-10-8-14(22)15(16(23)18-7-6-11(2)21)19-20(10)13-5-3-4-12(17)9-13/h3-5,8-9,11,21H,6-7H2,1-2H3,(H,18,23). The number of aryl methyl sites for hydroxylation is 1. The molecule has 7 heteroatoms. The molecule has 2 aromatic rings. The zero-order chi connectivity index (χ0) is 17.0. The van der Waals surface area contributed by atoms with Crippen molar-refractivity contribution in [3.05, 3.63) is 57.0 Å². The van der Waals surface area contributed by atoms with Gasteiger partial charge >= 0.3 is 0 Å². The van der Waals surface area contributed by atoms with Crippen molar-refractivity contribution in [1.29, 1.82) is 0 Å². The first-order valence-corrected chi connectivity index (χ1v) is 7.59. The Balaban J connectivity index is 2.33. The highest BCUT2D eigenvalue weighted by Gasteiger charge is 2.15. The van der Waals surface area contributed by atoms with E-state index in [-0.39, 0.29) is 12.2 Å². The van der Waals surface area contributed by atoms with E-state index in [1.165, 1.54) is 10.7 Å². The van der Waals surface area contributed by atoms with Crippen molar-refractivity contribution in [2.45, 2.75) is 26.4 Å². The van der Waals surface area contributed by atoms with Crippen LogP contribution < -0.4 is 10.7 Å². The third kappa shape index (κ3) is 4.40. The Labute approximate surface area is 138 Å². The second kappa shape index (κ2) is 7.39. The zero-order valence-corrected chi connectivity index (χ0v) is 13.7. The highest BCUT2D eigenvalue weighted by atomic mass is 35.5. The minimum Gasteiger partial charge on any atom is -0.393 e. The molecule has 1 unspecified atom stereocenters. The van der Waals surface area contributed by atoms with E-state index in [2.05, 4.69) is 10.4 Å². The van der Waals surface area contributed by atoms with Crippen molar-refractivity contribution in [3.8, 4) is 5.69 Å². The van der Waals surface area contributed by atoms with Gasteiger partial charge in [0, 0.05) is 23.3 Å². The zero-order valence-electron chi connectivity index (χ0n) is 12.9. The monoisotopic (exact) mass is 335 g/mol. The van der Waals surface area contributed by atoms with Gasteiger partial charge in [-0.1, -0.05) is 17.7 Å². The maximum absolute atomic E-state index is 12.1. The van der Waals surface area contributed by atoms with Gasteiger partial charge < -0.3 is 10.4 Å². The molecule has 6 nitrogen and oxygen atoms in total. The molecule has 0 saturated carbocycles. The lowest BCUT2D eigenvalue weighted by Gasteiger charge is -2.12. The Morgan fingerprint density at radius 3 is 2.83 bits per heavy atom. The lowest BCUT2D eigenvalue weighted by Crippen LogP contribution is -2.33. The van der Waals surface area contributed by atoms with Crippen molar-refractivity contribution in [2.24, 2.45) is 0 Å². The first-order valence-electron chi connectivity index (χ1n) is 7.21. The first-order chi connectivity index (χ1) is 10.9. The number of nitrogens with zero attached hydrogens (tertiary/aromatic N) is 2. The van der Waals surface area contributed by atoms with Gasteiger partial charge in [0.1, 0.15) is 0 Å². The quantitative estimate of drug-likeness (QED) is 0.871. The third-order valence-electron chi connectivity index (χ3n) is 3.22. The lowest BCUT2D eigenvalue weighted by molar-refractivity contribution is 0.0937. The summed E-state index contributed by atoms with van der Waals surface area (Å²) in [7, 11) is 0. The van der Waals surface area contributed by atoms with Crippen molar-refractivity contribution in [3.63, 3.8) is 0 Å². The van der Waals surface area contributed by atoms with Crippen LogP contribution in [0, 0.1) is 6.92 Å². The van der Waals surface area contributed by atoms with Gasteiger partial charge in [0.05, 0.1) is 11.8 Å². The summed E-state index contributed by atoms with van der Waals surface area (Å²) in [4.78, 5) is 24.1. The van der Waals surface area contributed by atoms with E-state index >= 15 is 0 Å². The lowest BCUT2D eigenvalue weighted by atomic mass is 10.2. The number of hydrogen-bond donors (Lipinski definition) is 2. The Morgan fingerprint density at radius 1 is 1.43 bits per heavy atom. The highest BCUT2D eigenvalue weighted by molar-refractivity contribution is 6.30. The van der Waals surface area contributed by atoms with E-state index in [0.29, 0.717) is 22.8 Å². The summed E-state index contributed by atoms with van der Waals surface area (Å²) >= 11 is 5.97. The van der Waals surface area contributed by atoms with Crippen LogP contribution in [0.25, 0.3) is 5.69 Å². The minimum absolute atomic E-state index is 0.193. The Bertz CT molecular complexity index is 771. The summed E-state index contributed by atoms with van der Waals surface area (Å²) in [6.45, 7) is 3.62. The molecule has 0 aliphatic heterocycles. The number of rotatable bonds is 5. The van der Waals surface area contributed by atoms with Crippen LogP contribution >= 0.6 is 11.6 Å². The largest absolute Gasteiger partial charge is 0.393 e. The molecule has 0 aliphatic rings. The third-order valence-corrected chi connectivity index (χ3v) is 3.46. The molecular weight excluding hydrogens is 318 g/mol. The Kier molecular flexibility index (Phi) is 5.52. The number of aliphatic hydroxyl groups excluding tert-OH is 1. The van der Waals surface area contributed by atoms with Crippen LogP contribution in [0.2, 0.25) is 5.02 Å². The molecule has 1 heterocycles. The van der Waals surface area contributed by atoms with Gasteiger partial charge in [-0.3, -0.25) is 9.59 Å². The van der Waals surface area contributed by atoms with Crippen molar-refractivity contribution >= 4 is 17.5 Å². The van der Waals surface area contributed by atoms with Gasteiger partial charge in [-0.15, -0.1) is 0 Å². The van der Waals surface area contributed by atoms with Crippen molar-refractivity contribution in [1.82, 2.24) is 15.1 Å². The van der Waals surface area contributed by atoms with Gasteiger partial charge in [0.15, 0.2) is 5.69 Å². The summed E-state index contributed by atoms with van der Waals surface area (Å²) < 4.78 is 1.50. The van der Waals surface area contributed by atoms with Gasteiger partial charge in [0.25, 0.3) is 5.91 Å². The average molecular weight is 336 g/mol. The van der Waals surface area contributed by atoms with Crippen LogP contribution in [-0.4, -0.2) is 33.4 Å². The van der Waals surface area contributed by atoms with Gasteiger partial charge in [-0.25, -0.2) is 4.68 Å². The molecule has 0 bridgehead atoms. The molecule has 122 valence electrons. The first kappa shape index (κ1) is 17.2. The van der Waals surface area contributed by atoms with E-state index in [4.69, 9.17) is 11.6 Å². The molecule has 1 aromatic heterocycles. The fraction of sp³-hybridized carbons (Fsp3) is 0.312. The van der Waals surface area contributed by atoms with Gasteiger partial charge in [-0.05, 0) is 38.5 Å². The summed E-state index contributed by atoms with van der Waals surface area (Å²) in [5, 5.41) is 16.5. The van der Waals surface area contributed by atoms with Crippen LogP contribution in [0.5, 0.6) is 0 Å². The molecule has 0 saturated heterocycles. The smallest absolute Gasteiger partial charge is 0.275 e. The molecular formula is C16H18ClN3O3. The second-order valence-corrected chi connectivity index (χ2v) is 5.72. The number of aliphatic hydroxyl groups is 1. The summed E-state index contributed by atoms with van der Waals surface area (Å²) in [5.74, 6) is -0.563. The molecule has 0 spiro atoms. The average Bonchev–Trinajstić information content (AvgIpc) is 2.46. The highest BCUT2D eigenvalue weighted by Crippen LogP contribution is 2.15. The fourth-order valence-electron chi connectivity index (χ4n) is 2.05. The predicted molar refractivity (Wildman–Crippen MR) is 88.2 cm³/mol. The second-order valence-electron chi connectivity index (χ2n) is 5.28. The Morgan fingerprint density at radius 2 is 2.17 bits per heavy atom. The number of halogens is 1. The number of aromatic nitrogens is 2. The van der Waals surface area contributed by atoms with Crippen molar-refractivity contribution < 1.29 is 9.90 Å². The van der Waals surface area contributed by atoms with Crippen LogP contribution in [0.3, 0.4) is 0 Å². The minimum atomic E-state index is -0.563. The van der Waals surface area contributed by atoms with Gasteiger partial charge in [0.2, 0.25) is 5.43 Å². The van der Waals surface area contributed by atoms with Crippen LogP contribution in [0.4, 0.5) is 0 Å². The fourth-order valence-corrected chi connectivity index (χ4v) is 2.24. The molecule has 2 N–H and O–H groups in total. The summed E-state index contributed by atoms with van der Waals surface area (Å²) in [6, 6.07) is 8.33. The van der Waals surface area contributed by atoms with E-state index in [0.717, 1.165) is 0 Å². The van der Waals surface area contributed by atoms with E-state index in [1.807, 2.05) is 0 Å². The molecule has 1 atom stereocenters. The van der Waals surface area contributed by atoms with E-state index in [9.17, 15) is 14.7 Å². The summed E-state index contributed by atoms with van der Waals surface area (Å²) in [5.41, 5.74) is 0.613. The number of carbonyl (C=O) groups is 1. The molecule has 2 rings (SSSR count). The predicted octanol–water partition coefficient (Wildman–Crippen LogP) is 1.70. The van der Waals surface area contributed by atoms with Crippen LogP contribution in [0.15, 0.2) is 35.1 Å². The van der Waals surface area contributed by atoms with Crippen molar-refractivity contribution in [2.75, 3.05) is 6.54 Å². The van der Waals surface area contributed by atoms with E-state index in [1.54, 1.807) is 38.1 Å². The molecule has 0 aliphatic carbocycles. The molecule has 1 amide bonds. The summed E-state index contributed by atoms with van der Waals surface area (Å²) in [6.07, 6.45) is -0.121. The Hall–Kier alpha value is -2.18. The number of nitrogens with one attached hydrogen (secondary N) is 1. The SMILES string of the molecule is Cc1cc(=O)c(C(=O)NCCC(C)O)nn1-c1cccc(Cl)c1.